The van der Waals surface area contributed by atoms with E-state index in [-0.39, 0.29) is 6.61 Å². The first-order valence-electron chi connectivity index (χ1n) is 6.11. The van der Waals surface area contributed by atoms with Gasteiger partial charge in [0, 0.05) is 19.0 Å². The van der Waals surface area contributed by atoms with Gasteiger partial charge in [0.1, 0.15) is 0 Å². The summed E-state index contributed by atoms with van der Waals surface area (Å²) >= 11 is 0. The molecule has 0 aliphatic rings. The van der Waals surface area contributed by atoms with E-state index < -0.39 is 0 Å². The zero-order valence-corrected chi connectivity index (χ0v) is 11.0. The Labute approximate surface area is 111 Å². The minimum absolute atomic E-state index is 0.192. The van der Waals surface area contributed by atoms with Crippen molar-refractivity contribution in [2.45, 2.75) is 27.0 Å². The summed E-state index contributed by atoms with van der Waals surface area (Å²) in [6.45, 7) is 4.78. The lowest BCUT2D eigenvalue weighted by Gasteiger charge is -2.14. The Morgan fingerprint density at radius 2 is 2.11 bits per heavy atom. The van der Waals surface area contributed by atoms with E-state index in [9.17, 15) is 0 Å². The molecule has 0 spiro atoms. The first-order chi connectivity index (χ1) is 9.24. The number of rotatable bonds is 6. The van der Waals surface area contributed by atoms with E-state index in [1.807, 2.05) is 25.1 Å². The van der Waals surface area contributed by atoms with Crippen LogP contribution < -0.4 is 15.2 Å². The van der Waals surface area contributed by atoms with Crippen molar-refractivity contribution in [1.29, 1.82) is 0 Å². The van der Waals surface area contributed by atoms with Crippen LogP contribution in [0.3, 0.4) is 0 Å². The van der Waals surface area contributed by atoms with Gasteiger partial charge < -0.3 is 19.6 Å². The highest BCUT2D eigenvalue weighted by Crippen LogP contribution is 2.31. The molecule has 0 radical (unpaired) electrons. The van der Waals surface area contributed by atoms with Crippen LogP contribution in [0.5, 0.6) is 11.5 Å². The van der Waals surface area contributed by atoms with E-state index >= 15 is 0 Å². The Hall–Kier alpha value is -2.08. The van der Waals surface area contributed by atoms with Gasteiger partial charge in [0.2, 0.25) is 5.89 Å². The van der Waals surface area contributed by atoms with Gasteiger partial charge in [-0.05, 0) is 13.0 Å². The second kappa shape index (κ2) is 6.19. The standard InChI is InChI=1S/C13H17N3O3/c1-3-17-11-6-4-5-10(7-14)13(11)18-8-12-16-15-9(2)19-12/h4-6H,3,7-8,14H2,1-2H3. The van der Waals surface area contributed by atoms with Crippen molar-refractivity contribution in [1.82, 2.24) is 10.2 Å². The van der Waals surface area contributed by atoms with Crippen LogP contribution in [0.25, 0.3) is 0 Å². The Bertz CT molecular complexity index is 540. The smallest absolute Gasteiger partial charge is 0.253 e. The average molecular weight is 263 g/mol. The van der Waals surface area contributed by atoms with Gasteiger partial charge in [-0.1, -0.05) is 12.1 Å². The van der Waals surface area contributed by atoms with Crippen LogP contribution in [-0.2, 0) is 13.2 Å². The number of para-hydroxylation sites is 1. The molecule has 0 fully saturated rings. The maximum absolute atomic E-state index is 5.71. The lowest BCUT2D eigenvalue weighted by molar-refractivity contribution is 0.238. The Kier molecular flexibility index (Phi) is 4.35. The number of ether oxygens (including phenoxy) is 2. The molecule has 1 heterocycles. The molecule has 19 heavy (non-hydrogen) atoms. The van der Waals surface area contributed by atoms with E-state index in [2.05, 4.69) is 10.2 Å². The maximum Gasteiger partial charge on any atom is 0.253 e. The molecule has 6 heteroatoms. The van der Waals surface area contributed by atoms with Crippen molar-refractivity contribution in [2.75, 3.05) is 6.61 Å². The third-order valence-corrected chi connectivity index (χ3v) is 2.49. The quantitative estimate of drug-likeness (QED) is 0.855. The van der Waals surface area contributed by atoms with E-state index in [0.29, 0.717) is 36.4 Å². The summed E-state index contributed by atoms with van der Waals surface area (Å²) in [5.74, 6) is 2.23. The van der Waals surface area contributed by atoms with Gasteiger partial charge in [-0.15, -0.1) is 10.2 Å². The molecule has 0 saturated carbocycles. The topological polar surface area (TPSA) is 83.4 Å². The highest BCUT2D eigenvalue weighted by atomic mass is 16.5. The van der Waals surface area contributed by atoms with Gasteiger partial charge in [0.25, 0.3) is 5.89 Å². The van der Waals surface area contributed by atoms with Crippen molar-refractivity contribution < 1.29 is 13.9 Å². The van der Waals surface area contributed by atoms with Gasteiger partial charge in [0.05, 0.1) is 6.61 Å². The average Bonchev–Trinajstić information content (AvgIpc) is 2.83. The molecule has 0 bridgehead atoms. The first kappa shape index (κ1) is 13.4. The molecule has 0 amide bonds. The lowest BCUT2D eigenvalue weighted by Crippen LogP contribution is -2.05. The van der Waals surface area contributed by atoms with Crippen LogP contribution in [0.1, 0.15) is 24.3 Å². The number of hydrogen-bond acceptors (Lipinski definition) is 6. The monoisotopic (exact) mass is 263 g/mol. The SMILES string of the molecule is CCOc1cccc(CN)c1OCc1nnc(C)o1. The predicted molar refractivity (Wildman–Crippen MR) is 68.9 cm³/mol. The van der Waals surface area contributed by atoms with Gasteiger partial charge in [0.15, 0.2) is 18.1 Å². The predicted octanol–water partition coefficient (Wildman–Crippen LogP) is 1.81. The molecular formula is C13H17N3O3. The van der Waals surface area contributed by atoms with E-state index in [0.717, 1.165) is 5.56 Å². The molecule has 6 nitrogen and oxygen atoms in total. The molecule has 1 aromatic heterocycles. The number of benzene rings is 1. The summed E-state index contributed by atoms with van der Waals surface area (Å²) in [4.78, 5) is 0. The molecule has 0 aliphatic heterocycles. The highest BCUT2D eigenvalue weighted by molar-refractivity contribution is 5.46. The molecule has 2 rings (SSSR count). The fourth-order valence-electron chi connectivity index (χ4n) is 1.68. The minimum atomic E-state index is 0.192. The summed E-state index contributed by atoms with van der Waals surface area (Å²) in [5.41, 5.74) is 6.58. The molecule has 0 atom stereocenters. The Morgan fingerprint density at radius 1 is 1.26 bits per heavy atom. The minimum Gasteiger partial charge on any atom is -0.490 e. The third-order valence-electron chi connectivity index (χ3n) is 2.49. The van der Waals surface area contributed by atoms with Gasteiger partial charge in [-0.3, -0.25) is 0 Å². The number of nitrogens with two attached hydrogens (primary N) is 1. The van der Waals surface area contributed by atoms with Gasteiger partial charge in [-0.25, -0.2) is 0 Å². The molecule has 102 valence electrons. The zero-order chi connectivity index (χ0) is 13.7. The summed E-state index contributed by atoms with van der Waals surface area (Å²) in [5, 5.41) is 7.63. The third kappa shape index (κ3) is 3.23. The molecule has 0 unspecified atom stereocenters. The molecule has 1 aromatic carbocycles. The normalized spacial score (nSPS) is 10.5. The molecule has 0 saturated heterocycles. The summed E-state index contributed by atoms with van der Waals surface area (Å²) in [7, 11) is 0. The van der Waals surface area contributed by atoms with E-state index in [4.69, 9.17) is 19.6 Å². The lowest BCUT2D eigenvalue weighted by atomic mass is 10.2. The van der Waals surface area contributed by atoms with Crippen LogP contribution in [0.15, 0.2) is 22.6 Å². The number of nitrogens with zero attached hydrogens (tertiary/aromatic N) is 2. The molecule has 2 N–H and O–H groups in total. The maximum atomic E-state index is 5.71. The molecule has 2 aromatic rings. The van der Waals surface area contributed by atoms with Crippen molar-refractivity contribution in [3.05, 3.63) is 35.5 Å². The van der Waals surface area contributed by atoms with Crippen LogP contribution in [0, 0.1) is 6.92 Å². The second-order valence-electron chi connectivity index (χ2n) is 3.89. The summed E-state index contributed by atoms with van der Waals surface area (Å²) in [6, 6.07) is 5.63. The number of aryl methyl sites for hydroxylation is 1. The van der Waals surface area contributed by atoms with Crippen molar-refractivity contribution in [2.24, 2.45) is 5.73 Å². The van der Waals surface area contributed by atoms with Crippen LogP contribution >= 0.6 is 0 Å². The number of hydrogen-bond donors (Lipinski definition) is 1. The largest absolute Gasteiger partial charge is 0.490 e. The fraction of sp³-hybridized carbons (Fsp3) is 0.385. The summed E-state index contributed by atoms with van der Waals surface area (Å²) in [6.07, 6.45) is 0. The van der Waals surface area contributed by atoms with Crippen molar-refractivity contribution >= 4 is 0 Å². The molecular weight excluding hydrogens is 246 g/mol. The van der Waals surface area contributed by atoms with E-state index in [1.54, 1.807) is 6.92 Å². The van der Waals surface area contributed by atoms with Crippen LogP contribution in [-0.4, -0.2) is 16.8 Å². The van der Waals surface area contributed by atoms with Gasteiger partial charge >= 0.3 is 0 Å². The Balaban J connectivity index is 2.17. The number of aromatic nitrogens is 2. The van der Waals surface area contributed by atoms with Crippen LogP contribution in [0.2, 0.25) is 0 Å². The zero-order valence-electron chi connectivity index (χ0n) is 11.0. The second-order valence-corrected chi connectivity index (χ2v) is 3.89. The first-order valence-corrected chi connectivity index (χ1v) is 6.11. The Morgan fingerprint density at radius 3 is 2.74 bits per heavy atom. The molecule has 0 aliphatic carbocycles. The van der Waals surface area contributed by atoms with Crippen molar-refractivity contribution in [3.8, 4) is 11.5 Å². The van der Waals surface area contributed by atoms with Gasteiger partial charge in [-0.2, -0.15) is 0 Å². The van der Waals surface area contributed by atoms with E-state index in [1.165, 1.54) is 0 Å². The fourth-order valence-corrected chi connectivity index (χ4v) is 1.68. The van der Waals surface area contributed by atoms with Crippen LogP contribution in [0.4, 0.5) is 0 Å². The van der Waals surface area contributed by atoms with Crippen molar-refractivity contribution in [3.63, 3.8) is 0 Å². The summed E-state index contributed by atoms with van der Waals surface area (Å²) < 4.78 is 16.5. The highest BCUT2D eigenvalue weighted by Gasteiger charge is 2.12.